The summed E-state index contributed by atoms with van der Waals surface area (Å²) in [7, 11) is 0. The second-order valence-corrected chi connectivity index (χ2v) is 9.20. The summed E-state index contributed by atoms with van der Waals surface area (Å²) >= 11 is 1.69. The minimum Gasteiger partial charge on any atom is -0.369 e. The summed E-state index contributed by atoms with van der Waals surface area (Å²) in [5.74, 6) is 0.111. The molecule has 1 atom stereocenters. The number of aliphatic imine (C=N–C) groups is 1. The van der Waals surface area contributed by atoms with Crippen molar-refractivity contribution in [3.05, 3.63) is 70.6 Å². The average Bonchev–Trinajstić information content (AvgIpc) is 3.25. The third-order valence-electron chi connectivity index (χ3n) is 6.07. The van der Waals surface area contributed by atoms with Crippen molar-refractivity contribution in [1.82, 2.24) is 9.80 Å². The van der Waals surface area contributed by atoms with E-state index < -0.39 is 5.54 Å². The van der Waals surface area contributed by atoms with Crippen LogP contribution in [-0.4, -0.2) is 40.7 Å². The number of hydrogen-bond acceptors (Lipinski definition) is 5. The zero-order chi connectivity index (χ0) is 22.9. The maximum Gasteiger partial charge on any atom is 0.253 e. The molecule has 2 amide bonds. The molecule has 0 saturated carbocycles. The van der Waals surface area contributed by atoms with Crippen LogP contribution < -0.4 is 5.73 Å². The lowest BCUT2D eigenvalue weighted by Crippen LogP contribution is -2.49. The normalized spacial score (nSPS) is 18.7. The Hall–Kier alpha value is -3.19. The second kappa shape index (κ2) is 8.74. The topological polar surface area (TPSA) is 79.0 Å². The van der Waals surface area contributed by atoms with Crippen molar-refractivity contribution in [1.29, 1.82) is 0 Å². The summed E-state index contributed by atoms with van der Waals surface area (Å²) in [6.45, 7) is 7.46. The molecule has 1 aromatic heterocycles. The highest BCUT2D eigenvalue weighted by Crippen LogP contribution is 2.36. The van der Waals surface area contributed by atoms with Crippen LogP contribution in [0.5, 0.6) is 0 Å². The van der Waals surface area contributed by atoms with E-state index >= 15 is 0 Å². The van der Waals surface area contributed by atoms with E-state index in [2.05, 4.69) is 23.6 Å². The number of thiophene rings is 1. The van der Waals surface area contributed by atoms with Crippen molar-refractivity contribution in [3.8, 4) is 0 Å². The third kappa shape index (κ3) is 4.12. The van der Waals surface area contributed by atoms with E-state index in [1.54, 1.807) is 22.3 Å². The molecular weight excluding hydrogens is 420 g/mol. The average molecular weight is 449 g/mol. The predicted molar refractivity (Wildman–Crippen MR) is 130 cm³/mol. The molecule has 1 aliphatic rings. The zero-order valence-electron chi connectivity index (χ0n) is 18.7. The summed E-state index contributed by atoms with van der Waals surface area (Å²) in [6.07, 6.45) is 0.238. The molecule has 2 aromatic carbocycles. The zero-order valence-corrected chi connectivity index (χ0v) is 19.5. The Labute approximate surface area is 192 Å². The summed E-state index contributed by atoms with van der Waals surface area (Å²) in [4.78, 5) is 33.8. The van der Waals surface area contributed by atoms with Crippen LogP contribution in [0.4, 0.5) is 0 Å². The van der Waals surface area contributed by atoms with Crippen LogP contribution >= 0.6 is 11.3 Å². The van der Waals surface area contributed by atoms with Crippen LogP contribution in [-0.2, 0) is 16.9 Å². The van der Waals surface area contributed by atoms with Gasteiger partial charge in [0.1, 0.15) is 0 Å². The van der Waals surface area contributed by atoms with Crippen molar-refractivity contribution in [2.45, 2.75) is 39.3 Å². The SMILES string of the molecule is CCN(CC)C(=O)c1cccc(CN2C(=O)C[C@@](C)(c3ccc4sccc4c3)N=C2N)c1. The highest BCUT2D eigenvalue weighted by Gasteiger charge is 2.37. The largest absolute Gasteiger partial charge is 0.369 e. The lowest BCUT2D eigenvalue weighted by molar-refractivity contribution is -0.130. The minimum atomic E-state index is -0.700. The van der Waals surface area contributed by atoms with Gasteiger partial charge in [-0.1, -0.05) is 18.2 Å². The highest BCUT2D eigenvalue weighted by atomic mass is 32.1. The summed E-state index contributed by atoms with van der Waals surface area (Å²) in [6, 6.07) is 15.6. The number of hydrogen-bond donors (Lipinski definition) is 1. The molecule has 0 bridgehead atoms. The number of guanidine groups is 1. The van der Waals surface area contributed by atoms with Gasteiger partial charge in [-0.15, -0.1) is 11.3 Å². The fraction of sp³-hybridized carbons (Fsp3) is 0.320. The Morgan fingerprint density at radius 3 is 2.69 bits per heavy atom. The van der Waals surface area contributed by atoms with Gasteiger partial charge in [0.15, 0.2) is 5.96 Å². The first-order valence-corrected chi connectivity index (χ1v) is 11.7. The highest BCUT2D eigenvalue weighted by molar-refractivity contribution is 7.17. The maximum atomic E-state index is 13.1. The number of benzene rings is 2. The fourth-order valence-electron chi connectivity index (χ4n) is 4.19. The standard InChI is InChI=1S/C25H28N4O2S/c1-4-28(5-2)23(31)19-8-6-7-17(13-19)16-29-22(30)15-25(3,27-24(29)26)20-9-10-21-18(14-20)11-12-32-21/h6-14H,4-5,15-16H2,1-3H3,(H2,26,27)/t25-/m0/s1. The van der Waals surface area contributed by atoms with Gasteiger partial charge in [0.25, 0.3) is 5.91 Å². The number of carbonyl (C=O) groups is 2. The van der Waals surface area contributed by atoms with E-state index in [0.717, 1.165) is 16.5 Å². The van der Waals surface area contributed by atoms with Crippen LogP contribution in [0.25, 0.3) is 10.1 Å². The van der Waals surface area contributed by atoms with Crippen molar-refractivity contribution >= 4 is 39.2 Å². The second-order valence-electron chi connectivity index (χ2n) is 8.25. The summed E-state index contributed by atoms with van der Waals surface area (Å²) in [5, 5.41) is 3.20. The number of rotatable bonds is 6. The number of fused-ring (bicyclic) bond motifs is 1. The smallest absolute Gasteiger partial charge is 0.253 e. The molecule has 2 heterocycles. The fourth-order valence-corrected chi connectivity index (χ4v) is 4.96. The Morgan fingerprint density at radius 2 is 1.97 bits per heavy atom. The van der Waals surface area contributed by atoms with Crippen LogP contribution in [0.2, 0.25) is 0 Å². The first-order chi connectivity index (χ1) is 15.3. The van der Waals surface area contributed by atoms with Crippen molar-refractivity contribution < 1.29 is 9.59 Å². The van der Waals surface area contributed by atoms with Gasteiger partial charge in [-0.2, -0.15) is 0 Å². The van der Waals surface area contributed by atoms with Gasteiger partial charge in [0.2, 0.25) is 5.91 Å². The molecule has 6 nitrogen and oxygen atoms in total. The molecule has 0 aliphatic carbocycles. The summed E-state index contributed by atoms with van der Waals surface area (Å²) < 4.78 is 1.21. The van der Waals surface area contributed by atoms with E-state index in [-0.39, 0.29) is 30.7 Å². The lowest BCUT2D eigenvalue weighted by atomic mass is 9.87. The van der Waals surface area contributed by atoms with Gasteiger partial charge in [-0.3, -0.25) is 14.5 Å². The predicted octanol–water partition coefficient (Wildman–Crippen LogP) is 4.35. The van der Waals surface area contributed by atoms with Gasteiger partial charge >= 0.3 is 0 Å². The van der Waals surface area contributed by atoms with Gasteiger partial charge in [0.05, 0.1) is 18.5 Å². The Balaban J connectivity index is 1.58. The Kier molecular flexibility index (Phi) is 6.02. The summed E-state index contributed by atoms with van der Waals surface area (Å²) in [5.41, 5.74) is 8.03. The van der Waals surface area contributed by atoms with Gasteiger partial charge in [0, 0.05) is 23.4 Å². The molecule has 0 fully saturated rings. The molecule has 1 aliphatic heterocycles. The minimum absolute atomic E-state index is 0.0140. The first kappa shape index (κ1) is 22.0. The van der Waals surface area contributed by atoms with E-state index in [0.29, 0.717) is 18.7 Å². The van der Waals surface area contributed by atoms with E-state index in [9.17, 15) is 9.59 Å². The molecule has 0 radical (unpaired) electrons. The van der Waals surface area contributed by atoms with Crippen LogP contribution in [0.15, 0.2) is 58.9 Å². The maximum absolute atomic E-state index is 13.1. The van der Waals surface area contributed by atoms with Crippen LogP contribution in [0, 0.1) is 0 Å². The van der Waals surface area contributed by atoms with Gasteiger partial charge in [-0.25, -0.2) is 4.99 Å². The van der Waals surface area contributed by atoms with Gasteiger partial charge in [-0.05, 0) is 73.0 Å². The quantitative estimate of drug-likeness (QED) is 0.609. The van der Waals surface area contributed by atoms with Crippen LogP contribution in [0.1, 0.15) is 48.7 Å². The van der Waals surface area contributed by atoms with Gasteiger partial charge < -0.3 is 10.6 Å². The molecule has 2 N–H and O–H groups in total. The molecule has 0 unspecified atom stereocenters. The van der Waals surface area contributed by atoms with Crippen molar-refractivity contribution in [2.24, 2.45) is 10.7 Å². The number of carbonyl (C=O) groups excluding carboxylic acids is 2. The van der Waals surface area contributed by atoms with E-state index in [1.807, 2.05) is 45.0 Å². The van der Waals surface area contributed by atoms with Crippen molar-refractivity contribution in [3.63, 3.8) is 0 Å². The number of nitrogens with zero attached hydrogens (tertiary/aromatic N) is 3. The van der Waals surface area contributed by atoms with E-state index in [4.69, 9.17) is 10.7 Å². The third-order valence-corrected chi connectivity index (χ3v) is 6.97. The van der Waals surface area contributed by atoms with E-state index in [1.165, 1.54) is 9.60 Å². The number of nitrogens with two attached hydrogens (primary N) is 1. The molecule has 32 heavy (non-hydrogen) atoms. The Bertz CT molecular complexity index is 1200. The molecule has 0 saturated heterocycles. The molecule has 3 aromatic rings. The molecular formula is C25H28N4O2S. The Morgan fingerprint density at radius 1 is 1.19 bits per heavy atom. The molecule has 7 heteroatoms. The van der Waals surface area contributed by atoms with Crippen molar-refractivity contribution in [2.75, 3.05) is 13.1 Å². The number of amides is 2. The first-order valence-electron chi connectivity index (χ1n) is 10.9. The molecule has 166 valence electrons. The molecule has 4 rings (SSSR count). The monoisotopic (exact) mass is 448 g/mol. The molecule has 0 spiro atoms. The van der Waals surface area contributed by atoms with Crippen LogP contribution in [0.3, 0.4) is 0 Å². The lowest BCUT2D eigenvalue weighted by Gasteiger charge is -2.35.